The topological polar surface area (TPSA) is 111 Å². The fourth-order valence-electron chi connectivity index (χ4n) is 4.97. The van der Waals surface area contributed by atoms with Crippen molar-refractivity contribution >= 4 is 23.2 Å². The molecule has 1 saturated heterocycles. The van der Waals surface area contributed by atoms with Gasteiger partial charge in [-0.3, -0.25) is 9.59 Å². The summed E-state index contributed by atoms with van der Waals surface area (Å²) < 4.78 is 5.37. The van der Waals surface area contributed by atoms with Crippen LogP contribution in [0.4, 0.5) is 11.4 Å². The number of carbonyl (C=O) groups is 2. The Balaban J connectivity index is 1.59. The summed E-state index contributed by atoms with van der Waals surface area (Å²) in [6.07, 6.45) is 5.82. The fraction of sp³-hybridized carbons (Fsp3) is 0.429. The van der Waals surface area contributed by atoms with Gasteiger partial charge in [0.1, 0.15) is 5.75 Å². The molecule has 2 heterocycles. The van der Waals surface area contributed by atoms with Gasteiger partial charge in [0, 0.05) is 30.3 Å². The molecule has 3 atom stereocenters. The molecule has 2 aliphatic rings. The van der Waals surface area contributed by atoms with E-state index in [1.165, 1.54) is 0 Å². The Labute approximate surface area is 212 Å². The Morgan fingerprint density at radius 1 is 1.33 bits per heavy atom. The average Bonchev–Trinajstić information content (AvgIpc) is 3.11. The number of piperidine rings is 1. The largest absolute Gasteiger partial charge is 0.497 e. The quantitative estimate of drug-likeness (QED) is 0.400. The molecule has 0 aromatic heterocycles. The first-order chi connectivity index (χ1) is 17.4. The first kappa shape index (κ1) is 25.9. The molecule has 0 saturated carbocycles. The van der Waals surface area contributed by atoms with Crippen LogP contribution in [0, 0.1) is 11.8 Å². The van der Waals surface area contributed by atoms with E-state index in [1.54, 1.807) is 49.3 Å². The van der Waals surface area contributed by atoms with Gasteiger partial charge in [0.05, 0.1) is 25.3 Å². The van der Waals surface area contributed by atoms with Crippen molar-refractivity contribution in [2.75, 3.05) is 37.0 Å². The van der Waals surface area contributed by atoms with Gasteiger partial charge in [-0.15, -0.1) is 0 Å². The molecule has 4 rings (SSSR count). The number of rotatable bonds is 9. The number of hydrogen-bond donors (Lipinski definition) is 4. The lowest BCUT2D eigenvalue weighted by atomic mass is 9.83. The van der Waals surface area contributed by atoms with Gasteiger partial charge < -0.3 is 30.5 Å². The number of carbonyl (C=O) groups excluding carboxylic acids is 2. The van der Waals surface area contributed by atoms with E-state index >= 15 is 0 Å². The van der Waals surface area contributed by atoms with Gasteiger partial charge in [0.2, 0.25) is 5.91 Å². The van der Waals surface area contributed by atoms with E-state index in [1.807, 2.05) is 24.3 Å². The van der Waals surface area contributed by atoms with E-state index < -0.39 is 17.4 Å². The van der Waals surface area contributed by atoms with E-state index in [-0.39, 0.29) is 25.0 Å². The molecule has 2 amide bonds. The molecule has 0 bridgehead atoms. The number of hydrogen-bond acceptors (Lipinski definition) is 6. The lowest BCUT2D eigenvalue weighted by molar-refractivity contribution is -0.139. The van der Waals surface area contributed by atoms with Gasteiger partial charge in [-0.2, -0.15) is 0 Å². The Kier molecular flexibility index (Phi) is 8.08. The molecule has 2 aromatic rings. The predicted octanol–water partition coefficient (Wildman–Crippen LogP) is 2.94. The first-order valence-corrected chi connectivity index (χ1v) is 12.5. The van der Waals surface area contributed by atoms with Crippen LogP contribution < -0.4 is 20.3 Å². The molecule has 0 aliphatic carbocycles. The number of ether oxygens (including phenoxy) is 1. The smallest absolute Gasteiger partial charge is 0.264 e. The molecule has 2 aliphatic heterocycles. The molecule has 0 spiro atoms. The number of methoxy groups -OCH3 is 1. The van der Waals surface area contributed by atoms with Crippen molar-refractivity contribution in [2.45, 2.75) is 38.3 Å². The van der Waals surface area contributed by atoms with Crippen molar-refractivity contribution in [3.05, 3.63) is 65.7 Å². The third-order valence-corrected chi connectivity index (χ3v) is 7.06. The van der Waals surface area contributed by atoms with Crippen LogP contribution in [0.5, 0.6) is 5.75 Å². The lowest BCUT2D eigenvalue weighted by Crippen LogP contribution is -2.44. The van der Waals surface area contributed by atoms with Gasteiger partial charge in [-0.1, -0.05) is 31.2 Å². The summed E-state index contributed by atoms with van der Waals surface area (Å²) in [5.41, 5.74) is 0.851. The van der Waals surface area contributed by atoms with E-state index in [9.17, 15) is 14.7 Å². The third kappa shape index (κ3) is 5.16. The molecule has 2 aromatic carbocycles. The second-order valence-corrected chi connectivity index (χ2v) is 9.50. The van der Waals surface area contributed by atoms with Crippen LogP contribution in [0.25, 0.3) is 0 Å². The van der Waals surface area contributed by atoms with E-state index in [0.29, 0.717) is 35.7 Å². The summed E-state index contributed by atoms with van der Waals surface area (Å²) in [5.74, 6) is -0.460. The van der Waals surface area contributed by atoms with Gasteiger partial charge in [0.15, 0.2) is 5.60 Å². The Morgan fingerprint density at radius 2 is 2.17 bits per heavy atom. The van der Waals surface area contributed by atoms with Crippen LogP contribution >= 0.6 is 0 Å². The zero-order chi connectivity index (χ0) is 25.7. The zero-order valence-electron chi connectivity index (χ0n) is 20.9. The van der Waals surface area contributed by atoms with Crippen LogP contribution in [-0.4, -0.2) is 48.8 Å². The van der Waals surface area contributed by atoms with Crippen molar-refractivity contribution in [3.8, 4) is 5.75 Å². The number of anilines is 2. The summed E-state index contributed by atoms with van der Waals surface area (Å²) >= 11 is 0. The van der Waals surface area contributed by atoms with Crippen molar-refractivity contribution in [3.63, 3.8) is 0 Å². The standard InChI is InChI=1S/C28H35N3O5/c1-19(7-3-4-14-32)28(35)24-16-23(36-2)11-12-25(24)31(27(28)34)18-20-8-5-10-22(15-20)30-26(33)21-9-6-13-29-17-21/h3,5,7-8,10-12,15-16,19,21,29,32,35H,4,6,9,13-14,17-18H2,1-2H3,(H,30,33)/b7-3+/t19-,21?,28+/m0/s1. The molecule has 4 N–H and O–H groups in total. The van der Waals surface area contributed by atoms with Gasteiger partial charge in [-0.25, -0.2) is 0 Å². The summed E-state index contributed by atoms with van der Waals surface area (Å²) in [6.45, 7) is 3.64. The molecule has 0 radical (unpaired) electrons. The maximum atomic E-state index is 13.7. The number of nitrogens with one attached hydrogen (secondary N) is 2. The number of amides is 2. The van der Waals surface area contributed by atoms with Crippen LogP contribution in [0.3, 0.4) is 0 Å². The summed E-state index contributed by atoms with van der Waals surface area (Å²) in [7, 11) is 1.54. The molecular weight excluding hydrogens is 458 g/mol. The lowest BCUT2D eigenvalue weighted by Gasteiger charge is -2.28. The highest BCUT2D eigenvalue weighted by atomic mass is 16.5. The number of fused-ring (bicyclic) bond motifs is 1. The highest BCUT2D eigenvalue weighted by molar-refractivity contribution is 6.07. The molecular formula is C28H35N3O5. The summed E-state index contributed by atoms with van der Waals surface area (Å²) in [5, 5.41) is 27.1. The number of benzene rings is 2. The Hall–Kier alpha value is -3.20. The van der Waals surface area contributed by atoms with Crippen molar-refractivity contribution in [2.24, 2.45) is 11.8 Å². The number of aliphatic hydroxyl groups is 2. The number of aliphatic hydroxyl groups excluding tert-OH is 1. The van der Waals surface area contributed by atoms with Crippen LogP contribution in [0.2, 0.25) is 0 Å². The molecule has 192 valence electrons. The van der Waals surface area contributed by atoms with E-state index in [4.69, 9.17) is 9.84 Å². The van der Waals surface area contributed by atoms with Crippen molar-refractivity contribution in [1.82, 2.24) is 5.32 Å². The van der Waals surface area contributed by atoms with E-state index in [0.717, 1.165) is 24.9 Å². The Bertz CT molecular complexity index is 1130. The highest BCUT2D eigenvalue weighted by Crippen LogP contribution is 2.47. The van der Waals surface area contributed by atoms with Crippen LogP contribution in [0.1, 0.15) is 37.3 Å². The van der Waals surface area contributed by atoms with E-state index in [2.05, 4.69) is 10.6 Å². The van der Waals surface area contributed by atoms with Crippen LogP contribution in [-0.2, 0) is 21.7 Å². The molecule has 8 heteroatoms. The normalized spacial score (nSPS) is 22.5. The van der Waals surface area contributed by atoms with Crippen LogP contribution in [0.15, 0.2) is 54.6 Å². The number of nitrogens with zero attached hydrogens (tertiary/aromatic N) is 1. The van der Waals surface area contributed by atoms with Gasteiger partial charge in [-0.05, 0) is 61.7 Å². The summed E-state index contributed by atoms with van der Waals surface area (Å²) in [4.78, 5) is 28.0. The minimum absolute atomic E-state index is 0.00370. The third-order valence-electron chi connectivity index (χ3n) is 7.06. The average molecular weight is 494 g/mol. The zero-order valence-corrected chi connectivity index (χ0v) is 20.9. The minimum atomic E-state index is -1.77. The second-order valence-electron chi connectivity index (χ2n) is 9.50. The maximum Gasteiger partial charge on any atom is 0.264 e. The predicted molar refractivity (Wildman–Crippen MR) is 139 cm³/mol. The molecule has 36 heavy (non-hydrogen) atoms. The fourth-order valence-corrected chi connectivity index (χ4v) is 4.97. The van der Waals surface area contributed by atoms with Gasteiger partial charge in [0.25, 0.3) is 5.91 Å². The SMILES string of the molecule is COc1ccc2c(c1)[C@](O)([C@@H](C)/C=C/CCO)C(=O)N2Cc1cccc(NC(=O)C2CCCNC2)c1. The summed E-state index contributed by atoms with van der Waals surface area (Å²) in [6, 6.07) is 12.7. The monoisotopic (exact) mass is 493 g/mol. The van der Waals surface area contributed by atoms with Gasteiger partial charge >= 0.3 is 0 Å². The molecule has 1 fully saturated rings. The molecule has 8 nitrogen and oxygen atoms in total. The first-order valence-electron chi connectivity index (χ1n) is 12.5. The second kappa shape index (κ2) is 11.2. The highest BCUT2D eigenvalue weighted by Gasteiger charge is 2.52. The van der Waals surface area contributed by atoms with Crippen molar-refractivity contribution in [1.29, 1.82) is 0 Å². The Morgan fingerprint density at radius 3 is 2.89 bits per heavy atom. The molecule has 1 unspecified atom stereocenters. The van der Waals surface area contributed by atoms with Crippen molar-refractivity contribution < 1.29 is 24.5 Å². The minimum Gasteiger partial charge on any atom is -0.497 e. The maximum absolute atomic E-state index is 13.7.